The Morgan fingerprint density at radius 1 is 1.75 bits per heavy atom. The largest absolute Gasteiger partial charge is 0.368 e. The lowest BCUT2D eigenvalue weighted by molar-refractivity contribution is 0.605. The number of guanidine groups is 1. The first-order chi connectivity index (χ1) is 3.18. The summed E-state index contributed by atoms with van der Waals surface area (Å²) in [6.07, 6.45) is 1.43. The van der Waals surface area contributed by atoms with Gasteiger partial charge in [0.25, 0.3) is 0 Å². The fraction of sp³-hybridized carbons (Fsp3) is 0. The van der Waals surface area contributed by atoms with Crippen molar-refractivity contribution in [2.75, 3.05) is 0 Å². The molecule has 0 aliphatic heterocycles. The molecule has 0 spiro atoms. The Morgan fingerprint density at radius 3 is 2.12 bits per heavy atom. The van der Waals surface area contributed by atoms with Crippen molar-refractivity contribution in [3.63, 3.8) is 0 Å². The van der Waals surface area contributed by atoms with E-state index in [1.165, 1.54) is 6.19 Å². The van der Waals surface area contributed by atoms with E-state index in [0.717, 1.165) is 0 Å². The van der Waals surface area contributed by atoms with E-state index in [1.807, 2.05) is 0 Å². The maximum atomic E-state index is 7.84. The molecule has 0 aromatic carbocycles. The lowest BCUT2D eigenvalue weighted by atomic mass is 10.9. The highest BCUT2D eigenvalue weighted by Gasteiger charge is 1.91. The first-order valence-electron chi connectivity index (χ1n) is 1.47. The third-order valence-corrected chi connectivity index (χ3v) is 0.367. The van der Waals surface area contributed by atoms with Crippen LogP contribution in [0.1, 0.15) is 0 Å². The lowest BCUT2D eigenvalue weighted by Crippen LogP contribution is -2.37. The molecule has 0 unspecified atom stereocenters. The summed E-state index contributed by atoms with van der Waals surface area (Å²) in [5, 5.41) is 14.8. The van der Waals surface area contributed by atoms with Gasteiger partial charge < -0.3 is 5.73 Å². The van der Waals surface area contributed by atoms with Crippen LogP contribution in [0.3, 0.4) is 0 Å². The predicted octanol–water partition coefficient (Wildman–Crippen LogP) is -1.04. The molecule has 0 radical (unpaired) electrons. The average molecular weight is 136 g/mol. The van der Waals surface area contributed by atoms with Crippen LogP contribution in [0.2, 0.25) is 0 Å². The second kappa shape index (κ2) is 4.18. The highest BCUT2D eigenvalue weighted by atomic mass is 35.5. The fourth-order valence-electron chi connectivity index (χ4n) is 0.0539. The molecule has 0 aliphatic rings. The number of nitrogens with zero attached hydrogens (tertiary/aromatic N) is 2. The van der Waals surface area contributed by atoms with Crippen molar-refractivity contribution < 1.29 is 0 Å². The summed E-state index contributed by atoms with van der Waals surface area (Å²) >= 11 is 0. The molecule has 0 atom stereocenters. The molecule has 0 bridgehead atoms. The van der Waals surface area contributed by atoms with Crippen LogP contribution in [0.25, 0.3) is 0 Å². The minimum absolute atomic E-state index is 0. The standard InChI is InChI=1S/C2H5N5.ClH/c3-1-7(6)2(4)5;/h6H2,(H3,4,5);1H. The van der Waals surface area contributed by atoms with Gasteiger partial charge in [-0.05, 0) is 0 Å². The zero-order valence-electron chi connectivity index (χ0n) is 3.96. The second-order valence-electron chi connectivity index (χ2n) is 0.855. The van der Waals surface area contributed by atoms with Crippen molar-refractivity contribution in [1.29, 1.82) is 10.7 Å². The molecule has 0 heterocycles. The fourth-order valence-corrected chi connectivity index (χ4v) is 0.0539. The number of nitrogens with two attached hydrogens (primary N) is 2. The molecule has 0 aromatic heterocycles. The van der Waals surface area contributed by atoms with Crippen LogP contribution >= 0.6 is 12.4 Å². The molecule has 0 amide bonds. The Hall–Kier alpha value is -0.990. The minimum atomic E-state index is -0.456. The number of hydrogen-bond acceptors (Lipinski definition) is 3. The molecule has 0 fully saturated rings. The Labute approximate surface area is 52.7 Å². The summed E-state index contributed by atoms with van der Waals surface area (Å²) in [5.41, 5.74) is 4.71. The van der Waals surface area contributed by atoms with Gasteiger partial charge in [0.1, 0.15) is 0 Å². The topological polar surface area (TPSA) is 103 Å². The summed E-state index contributed by atoms with van der Waals surface area (Å²) in [4.78, 5) is 0. The normalized spacial score (nSPS) is 6.00. The van der Waals surface area contributed by atoms with E-state index in [4.69, 9.17) is 22.2 Å². The van der Waals surface area contributed by atoms with Gasteiger partial charge in [-0.25, -0.2) is 5.84 Å². The quantitative estimate of drug-likeness (QED) is 0.0986. The Kier molecular flexibility index (Phi) is 5.27. The molecule has 46 valence electrons. The van der Waals surface area contributed by atoms with Crippen molar-refractivity contribution in [1.82, 2.24) is 5.01 Å². The Balaban J connectivity index is 0. The highest BCUT2D eigenvalue weighted by Crippen LogP contribution is 1.62. The molecule has 0 saturated heterocycles. The minimum Gasteiger partial charge on any atom is -0.368 e. The SMILES string of the molecule is Cl.N#CN(N)C(=N)N. The van der Waals surface area contributed by atoms with Crippen molar-refractivity contribution in [3.8, 4) is 6.19 Å². The van der Waals surface area contributed by atoms with Crippen molar-refractivity contribution in [3.05, 3.63) is 0 Å². The van der Waals surface area contributed by atoms with Gasteiger partial charge in [-0.15, -0.1) is 12.4 Å². The van der Waals surface area contributed by atoms with E-state index in [9.17, 15) is 0 Å². The van der Waals surface area contributed by atoms with Gasteiger partial charge >= 0.3 is 0 Å². The van der Waals surface area contributed by atoms with Gasteiger partial charge in [0, 0.05) is 0 Å². The van der Waals surface area contributed by atoms with E-state index >= 15 is 0 Å². The third kappa shape index (κ3) is 3.21. The summed E-state index contributed by atoms with van der Waals surface area (Å²) in [5.74, 6) is 4.28. The zero-order valence-corrected chi connectivity index (χ0v) is 4.77. The average Bonchev–Trinajstić information content (AvgIpc) is 1.65. The molecule has 5 N–H and O–H groups in total. The first-order valence-corrected chi connectivity index (χ1v) is 1.47. The summed E-state index contributed by atoms with van der Waals surface area (Å²) in [7, 11) is 0. The van der Waals surface area contributed by atoms with Crippen molar-refractivity contribution in [2.45, 2.75) is 0 Å². The van der Waals surface area contributed by atoms with Crippen LogP contribution in [-0.4, -0.2) is 11.0 Å². The number of nitriles is 1. The smallest absolute Gasteiger partial charge is 0.217 e. The van der Waals surface area contributed by atoms with Gasteiger partial charge in [-0.1, -0.05) is 0 Å². The van der Waals surface area contributed by atoms with E-state index < -0.39 is 5.96 Å². The van der Waals surface area contributed by atoms with Gasteiger partial charge in [0.2, 0.25) is 12.2 Å². The monoisotopic (exact) mass is 135 g/mol. The number of rotatable bonds is 0. The number of hydrogen-bond donors (Lipinski definition) is 3. The van der Waals surface area contributed by atoms with Gasteiger partial charge in [0.05, 0.1) is 0 Å². The van der Waals surface area contributed by atoms with Crippen LogP contribution in [0.5, 0.6) is 0 Å². The summed E-state index contributed by atoms with van der Waals surface area (Å²) in [6, 6.07) is 0. The molecule has 8 heavy (non-hydrogen) atoms. The highest BCUT2D eigenvalue weighted by molar-refractivity contribution is 5.85. The number of hydrazine groups is 1. The van der Waals surface area contributed by atoms with Crippen LogP contribution in [0, 0.1) is 16.9 Å². The van der Waals surface area contributed by atoms with E-state index in [1.54, 1.807) is 0 Å². The molecular weight excluding hydrogens is 130 g/mol. The Bertz CT molecular complexity index is 114. The van der Waals surface area contributed by atoms with Crippen LogP contribution in [0.15, 0.2) is 0 Å². The number of halogens is 1. The van der Waals surface area contributed by atoms with E-state index in [2.05, 4.69) is 0 Å². The lowest BCUT2D eigenvalue weighted by Gasteiger charge is -2.00. The van der Waals surface area contributed by atoms with E-state index in [-0.39, 0.29) is 12.4 Å². The molecule has 6 heteroatoms. The summed E-state index contributed by atoms with van der Waals surface area (Å²) in [6.45, 7) is 0. The third-order valence-electron chi connectivity index (χ3n) is 0.367. The van der Waals surface area contributed by atoms with Crippen LogP contribution in [-0.2, 0) is 0 Å². The molecule has 0 rings (SSSR count). The second-order valence-corrected chi connectivity index (χ2v) is 0.855. The van der Waals surface area contributed by atoms with Crippen molar-refractivity contribution >= 4 is 18.4 Å². The molecule has 0 aromatic rings. The maximum absolute atomic E-state index is 7.84. The van der Waals surface area contributed by atoms with Crippen LogP contribution < -0.4 is 11.6 Å². The van der Waals surface area contributed by atoms with E-state index in [0.29, 0.717) is 5.01 Å². The first kappa shape index (κ1) is 10.1. The predicted molar refractivity (Wildman–Crippen MR) is 30.8 cm³/mol. The summed E-state index contributed by atoms with van der Waals surface area (Å²) < 4.78 is 0. The molecule has 0 aliphatic carbocycles. The van der Waals surface area contributed by atoms with Crippen LogP contribution in [0.4, 0.5) is 0 Å². The maximum Gasteiger partial charge on any atom is 0.217 e. The molecule has 5 nitrogen and oxygen atoms in total. The van der Waals surface area contributed by atoms with Gasteiger partial charge in [-0.3, -0.25) is 5.41 Å². The zero-order chi connectivity index (χ0) is 5.86. The molecular formula is C2H6ClN5. The van der Waals surface area contributed by atoms with Crippen molar-refractivity contribution in [2.24, 2.45) is 11.6 Å². The number of nitrogens with one attached hydrogen (secondary N) is 1. The van der Waals surface area contributed by atoms with Gasteiger partial charge in [-0.2, -0.15) is 10.3 Å². The molecule has 0 saturated carbocycles. The Morgan fingerprint density at radius 2 is 2.12 bits per heavy atom. The van der Waals surface area contributed by atoms with Gasteiger partial charge in [0.15, 0.2) is 0 Å².